The van der Waals surface area contributed by atoms with Crippen LogP contribution in [-0.2, 0) is 27.9 Å². The van der Waals surface area contributed by atoms with Crippen LogP contribution >= 0.6 is 11.6 Å². The maximum absolute atomic E-state index is 13.9. The van der Waals surface area contributed by atoms with E-state index >= 15 is 0 Å². The van der Waals surface area contributed by atoms with Gasteiger partial charge in [-0.1, -0.05) is 67.9 Å². The predicted octanol–water partition coefficient (Wildman–Crippen LogP) is 5.53. The third-order valence-electron chi connectivity index (χ3n) is 7.40. The van der Waals surface area contributed by atoms with E-state index in [4.69, 9.17) is 11.6 Å². The molecule has 0 spiro atoms. The number of hydrogen-bond acceptors (Lipinski definition) is 4. The number of piperidine rings is 1. The van der Waals surface area contributed by atoms with Crippen LogP contribution in [0.15, 0.2) is 83.8 Å². The van der Waals surface area contributed by atoms with Crippen molar-refractivity contribution in [2.45, 2.75) is 50.7 Å². The average Bonchev–Trinajstić information content (AvgIpc) is 3.00. The predicted molar refractivity (Wildman–Crippen MR) is 165 cm³/mol. The normalized spacial score (nSPS) is 14.2. The zero-order valence-electron chi connectivity index (χ0n) is 24.5. The molecule has 0 bridgehead atoms. The largest absolute Gasteiger partial charge is 0.334 e. The van der Waals surface area contributed by atoms with Crippen molar-refractivity contribution in [2.24, 2.45) is 5.92 Å². The van der Waals surface area contributed by atoms with E-state index in [1.807, 2.05) is 44.2 Å². The van der Waals surface area contributed by atoms with Crippen molar-refractivity contribution in [3.05, 3.63) is 101 Å². The van der Waals surface area contributed by atoms with E-state index < -0.39 is 10.0 Å². The number of sulfonamides is 1. The molecule has 1 N–H and O–H groups in total. The number of halogens is 2. The SMILES string of the molecule is CC(C)CN(CC(=O)N(Cc1ccc(F)cc1)C1CCN(C(=O)NCc2ccccc2)CC1)S(=O)(=O)c1ccc(Cl)cc1. The van der Waals surface area contributed by atoms with E-state index in [1.54, 1.807) is 21.9 Å². The first-order valence-corrected chi connectivity index (χ1v) is 16.2. The molecule has 1 aliphatic heterocycles. The number of amides is 3. The summed E-state index contributed by atoms with van der Waals surface area (Å²) in [4.78, 5) is 30.3. The molecule has 230 valence electrons. The van der Waals surface area contributed by atoms with Gasteiger partial charge in [-0.3, -0.25) is 4.79 Å². The third-order valence-corrected chi connectivity index (χ3v) is 9.48. The lowest BCUT2D eigenvalue weighted by atomic mass is 10.0. The molecule has 1 saturated heterocycles. The summed E-state index contributed by atoms with van der Waals surface area (Å²) in [6.45, 7) is 5.09. The molecule has 43 heavy (non-hydrogen) atoms. The summed E-state index contributed by atoms with van der Waals surface area (Å²) in [7, 11) is -3.98. The standard InChI is InChI=1S/C32H38ClFN4O4S/c1-24(2)21-37(43(41,42)30-14-10-27(33)11-15-30)23-31(39)38(22-26-8-12-28(34)13-9-26)29-16-18-36(19-17-29)32(40)35-20-25-6-4-3-5-7-25/h3-15,24,29H,16-23H2,1-2H3,(H,35,40). The molecule has 8 nitrogen and oxygen atoms in total. The smallest absolute Gasteiger partial charge is 0.317 e. The third kappa shape index (κ3) is 9.01. The first kappa shape index (κ1) is 32.4. The van der Waals surface area contributed by atoms with Crippen LogP contribution in [0.1, 0.15) is 37.8 Å². The van der Waals surface area contributed by atoms with Crippen molar-refractivity contribution in [3.8, 4) is 0 Å². The number of rotatable bonds is 11. The quantitative estimate of drug-likeness (QED) is 0.302. The maximum atomic E-state index is 13.9. The van der Waals surface area contributed by atoms with Gasteiger partial charge in [-0.2, -0.15) is 4.31 Å². The lowest BCUT2D eigenvalue weighted by Gasteiger charge is -2.39. The van der Waals surface area contributed by atoms with Gasteiger partial charge in [0.1, 0.15) is 5.82 Å². The maximum Gasteiger partial charge on any atom is 0.317 e. The number of nitrogens with one attached hydrogen (secondary N) is 1. The van der Waals surface area contributed by atoms with Gasteiger partial charge in [-0.25, -0.2) is 17.6 Å². The number of nitrogens with zero attached hydrogens (tertiary/aromatic N) is 3. The van der Waals surface area contributed by atoms with E-state index in [1.165, 1.54) is 40.7 Å². The molecule has 0 aliphatic carbocycles. The Hall–Kier alpha value is -3.47. The van der Waals surface area contributed by atoms with Crippen molar-refractivity contribution in [2.75, 3.05) is 26.2 Å². The Morgan fingerprint density at radius 3 is 2.19 bits per heavy atom. The summed E-state index contributed by atoms with van der Waals surface area (Å²) >= 11 is 5.98. The molecule has 1 heterocycles. The lowest BCUT2D eigenvalue weighted by molar-refractivity contribution is -0.135. The highest BCUT2D eigenvalue weighted by atomic mass is 35.5. The van der Waals surface area contributed by atoms with Crippen molar-refractivity contribution in [1.82, 2.24) is 19.4 Å². The molecule has 1 aliphatic rings. The highest BCUT2D eigenvalue weighted by Gasteiger charge is 2.34. The van der Waals surface area contributed by atoms with Crippen molar-refractivity contribution in [1.29, 1.82) is 0 Å². The Morgan fingerprint density at radius 2 is 1.58 bits per heavy atom. The van der Waals surface area contributed by atoms with Gasteiger partial charge in [-0.15, -0.1) is 0 Å². The first-order chi connectivity index (χ1) is 20.5. The number of urea groups is 1. The highest BCUT2D eigenvalue weighted by molar-refractivity contribution is 7.89. The van der Waals surface area contributed by atoms with Crippen LogP contribution in [0, 0.1) is 11.7 Å². The summed E-state index contributed by atoms with van der Waals surface area (Å²) in [5, 5.41) is 3.36. The minimum Gasteiger partial charge on any atom is -0.334 e. The van der Waals surface area contributed by atoms with E-state index in [9.17, 15) is 22.4 Å². The zero-order valence-corrected chi connectivity index (χ0v) is 26.0. The fraction of sp³-hybridized carbons (Fsp3) is 0.375. The Bertz CT molecular complexity index is 1460. The van der Waals surface area contributed by atoms with Crippen LogP contribution in [0.5, 0.6) is 0 Å². The van der Waals surface area contributed by atoms with Crippen molar-refractivity contribution < 1.29 is 22.4 Å². The molecule has 0 unspecified atom stereocenters. The number of benzene rings is 3. The van der Waals surface area contributed by atoms with Gasteiger partial charge >= 0.3 is 6.03 Å². The van der Waals surface area contributed by atoms with Gasteiger partial charge in [-0.05, 0) is 66.3 Å². The molecule has 1 fully saturated rings. The first-order valence-electron chi connectivity index (χ1n) is 14.4. The second kappa shape index (κ2) is 14.8. The van der Waals surface area contributed by atoms with Gasteiger partial charge in [0.05, 0.1) is 11.4 Å². The van der Waals surface area contributed by atoms with E-state index in [0.717, 1.165) is 11.1 Å². The molecule has 0 aromatic heterocycles. The number of carbonyl (C=O) groups is 2. The summed E-state index contributed by atoms with van der Waals surface area (Å²) in [5.74, 6) is -0.763. The minimum atomic E-state index is -3.98. The fourth-order valence-electron chi connectivity index (χ4n) is 5.13. The van der Waals surface area contributed by atoms with Gasteiger partial charge in [0.15, 0.2) is 0 Å². The molecular formula is C32H38ClFN4O4S. The molecule has 4 rings (SSSR count). The van der Waals surface area contributed by atoms with Gasteiger partial charge in [0.2, 0.25) is 15.9 Å². The summed E-state index contributed by atoms with van der Waals surface area (Å²) in [6.07, 6.45) is 1.06. The molecule has 0 radical (unpaired) electrons. The Balaban J connectivity index is 1.49. The topological polar surface area (TPSA) is 90.0 Å². The van der Waals surface area contributed by atoms with Gasteiger partial charge < -0.3 is 15.1 Å². The molecule has 11 heteroatoms. The molecule has 3 amide bonds. The van der Waals surface area contributed by atoms with Crippen molar-refractivity contribution >= 4 is 33.6 Å². The summed E-state index contributed by atoms with van der Waals surface area (Å²) in [5.41, 5.74) is 1.73. The number of carbonyl (C=O) groups excluding carboxylic acids is 2. The Morgan fingerprint density at radius 1 is 0.953 bits per heavy atom. The van der Waals surface area contributed by atoms with E-state index in [-0.39, 0.29) is 54.2 Å². The molecule has 3 aromatic rings. The average molecular weight is 629 g/mol. The van der Waals surface area contributed by atoms with Crippen LogP contribution in [0.4, 0.5) is 9.18 Å². The number of hydrogen-bond donors (Lipinski definition) is 1. The zero-order chi connectivity index (χ0) is 31.0. The summed E-state index contributed by atoms with van der Waals surface area (Å²) < 4.78 is 42.1. The van der Waals surface area contributed by atoms with Gasteiger partial charge in [0, 0.05) is 43.8 Å². The second-order valence-electron chi connectivity index (χ2n) is 11.2. The molecule has 0 atom stereocenters. The Kier molecular flexibility index (Phi) is 11.2. The molecule has 0 saturated carbocycles. The second-order valence-corrected chi connectivity index (χ2v) is 13.5. The highest BCUT2D eigenvalue weighted by Crippen LogP contribution is 2.23. The molecule has 3 aromatic carbocycles. The monoisotopic (exact) mass is 628 g/mol. The lowest BCUT2D eigenvalue weighted by Crippen LogP contribution is -2.52. The Labute approximate surface area is 258 Å². The van der Waals surface area contributed by atoms with Crippen molar-refractivity contribution in [3.63, 3.8) is 0 Å². The van der Waals surface area contributed by atoms with Crippen LogP contribution < -0.4 is 5.32 Å². The fourth-order valence-corrected chi connectivity index (χ4v) is 6.80. The van der Waals surface area contributed by atoms with Crippen LogP contribution in [-0.4, -0.2) is 66.7 Å². The van der Waals surface area contributed by atoms with Crippen LogP contribution in [0.25, 0.3) is 0 Å². The number of likely N-dealkylation sites (tertiary alicyclic amines) is 1. The van der Waals surface area contributed by atoms with Crippen LogP contribution in [0.2, 0.25) is 5.02 Å². The van der Waals surface area contributed by atoms with E-state index in [2.05, 4.69) is 5.32 Å². The van der Waals surface area contributed by atoms with Gasteiger partial charge in [0.25, 0.3) is 0 Å². The minimum absolute atomic E-state index is 0.0296. The van der Waals surface area contributed by atoms with E-state index in [0.29, 0.717) is 37.5 Å². The summed E-state index contributed by atoms with van der Waals surface area (Å²) in [6, 6.07) is 21.1. The molecular weight excluding hydrogens is 591 g/mol. The van der Waals surface area contributed by atoms with Crippen LogP contribution in [0.3, 0.4) is 0 Å².